The zero-order chi connectivity index (χ0) is 23.5. The highest BCUT2D eigenvalue weighted by molar-refractivity contribution is 5.95. The second kappa shape index (κ2) is 9.80. The van der Waals surface area contributed by atoms with Gasteiger partial charge in [0.2, 0.25) is 11.8 Å². The van der Waals surface area contributed by atoms with Crippen LogP contribution in [-0.2, 0) is 14.3 Å². The van der Waals surface area contributed by atoms with E-state index in [0.717, 1.165) is 12.0 Å². The smallest absolute Gasteiger partial charge is 0.243 e. The van der Waals surface area contributed by atoms with E-state index in [9.17, 15) is 9.59 Å². The summed E-state index contributed by atoms with van der Waals surface area (Å²) in [5.74, 6) is 2.22. The third kappa shape index (κ3) is 4.89. The van der Waals surface area contributed by atoms with Crippen LogP contribution in [0.4, 0.5) is 5.69 Å². The fraction of sp³-hybridized carbons (Fsp3) is 0.440. The number of fused-ring (bicyclic) bond motifs is 1. The third-order valence-corrected chi connectivity index (χ3v) is 6.22. The number of amides is 2. The Balaban J connectivity index is 1.21. The first-order valence-electron chi connectivity index (χ1n) is 11.5. The van der Waals surface area contributed by atoms with Crippen molar-refractivity contribution in [1.29, 1.82) is 0 Å². The van der Waals surface area contributed by atoms with Gasteiger partial charge < -0.3 is 33.9 Å². The predicted octanol–water partition coefficient (Wildman–Crippen LogP) is 2.59. The molecule has 180 valence electrons. The highest BCUT2D eigenvalue weighted by atomic mass is 16.6. The first-order valence-corrected chi connectivity index (χ1v) is 11.5. The molecule has 0 spiro atoms. The first kappa shape index (κ1) is 22.3. The Kier molecular flexibility index (Phi) is 6.44. The normalized spacial score (nSPS) is 21.4. The molecule has 0 aliphatic carbocycles. The summed E-state index contributed by atoms with van der Waals surface area (Å²) in [6.07, 6.45) is 1.17. The zero-order valence-electron chi connectivity index (χ0n) is 19.1. The maximum absolute atomic E-state index is 12.7. The van der Waals surface area contributed by atoms with Gasteiger partial charge in [-0.15, -0.1) is 0 Å². The number of rotatable bonds is 7. The van der Waals surface area contributed by atoms with Gasteiger partial charge >= 0.3 is 0 Å². The molecule has 2 saturated heterocycles. The van der Waals surface area contributed by atoms with Gasteiger partial charge in [0.1, 0.15) is 19.3 Å². The summed E-state index contributed by atoms with van der Waals surface area (Å²) in [5.41, 5.74) is 1.59. The van der Waals surface area contributed by atoms with E-state index in [-0.39, 0.29) is 30.4 Å². The molecular formula is C25H28N2O7. The van der Waals surface area contributed by atoms with Crippen LogP contribution in [-0.4, -0.2) is 69.4 Å². The van der Waals surface area contributed by atoms with E-state index in [1.807, 2.05) is 18.2 Å². The maximum Gasteiger partial charge on any atom is 0.243 e. The number of methoxy groups -OCH3 is 1. The summed E-state index contributed by atoms with van der Waals surface area (Å²) >= 11 is 0. The van der Waals surface area contributed by atoms with Gasteiger partial charge in [-0.25, -0.2) is 0 Å². The molecule has 5 rings (SSSR count). The molecule has 3 heterocycles. The van der Waals surface area contributed by atoms with Crippen LogP contribution in [0.2, 0.25) is 0 Å². The lowest BCUT2D eigenvalue weighted by atomic mass is 9.98. The lowest BCUT2D eigenvalue weighted by Crippen LogP contribution is -2.34. The van der Waals surface area contributed by atoms with Crippen molar-refractivity contribution < 1.29 is 33.3 Å². The quantitative estimate of drug-likeness (QED) is 0.667. The second-order valence-electron chi connectivity index (χ2n) is 8.60. The molecule has 0 unspecified atom stereocenters. The molecule has 1 N–H and O–H groups in total. The average Bonchev–Trinajstić information content (AvgIpc) is 3.48. The number of anilines is 1. The van der Waals surface area contributed by atoms with Crippen molar-refractivity contribution in [2.45, 2.75) is 24.9 Å². The lowest BCUT2D eigenvalue weighted by Gasteiger charge is -2.20. The van der Waals surface area contributed by atoms with Gasteiger partial charge in [-0.3, -0.25) is 9.59 Å². The Labute approximate surface area is 197 Å². The molecule has 0 saturated carbocycles. The van der Waals surface area contributed by atoms with Crippen LogP contribution in [0.25, 0.3) is 0 Å². The number of likely N-dealkylation sites (tertiary alicyclic amines) is 1. The molecule has 2 aromatic rings. The number of ether oxygens (including phenoxy) is 5. The molecule has 9 heteroatoms. The molecule has 0 aromatic heterocycles. The Bertz CT molecular complexity index is 1070. The largest absolute Gasteiger partial charge is 0.493 e. The third-order valence-electron chi connectivity index (χ3n) is 6.22. The molecule has 9 nitrogen and oxygen atoms in total. The van der Waals surface area contributed by atoms with Gasteiger partial charge in [-0.05, 0) is 29.8 Å². The predicted molar refractivity (Wildman–Crippen MR) is 123 cm³/mol. The minimum atomic E-state index is -0.259. The summed E-state index contributed by atoms with van der Waals surface area (Å²) in [4.78, 5) is 26.9. The van der Waals surface area contributed by atoms with E-state index < -0.39 is 0 Å². The highest BCUT2D eigenvalue weighted by Crippen LogP contribution is 2.36. The maximum atomic E-state index is 12.7. The summed E-state index contributed by atoms with van der Waals surface area (Å²) in [5, 5.41) is 2.84. The minimum absolute atomic E-state index is 0.00453. The van der Waals surface area contributed by atoms with E-state index in [1.165, 1.54) is 0 Å². The Morgan fingerprint density at radius 2 is 1.94 bits per heavy atom. The van der Waals surface area contributed by atoms with Crippen LogP contribution in [0.5, 0.6) is 23.0 Å². The number of carbonyl (C=O) groups is 2. The molecular weight excluding hydrogens is 440 g/mol. The minimum Gasteiger partial charge on any atom is -0.493 e. The van der Waals surface area contributed by atoms with Crippen LogP contribution in [0.15, 0.2) is 36.4 Å². The van der Waals surface area contributed by atoms with Crippen LogP contribution >= 0.6 is 0 Å². The monoisotopic (exact) mass is 468 g/mol. The van der Waals surface area contributed by atoms with Crippen LogP contribution in [0, 0.1) is 0 Å². The van der Waals surface area contributed by atoms with Gasteiger partial charge in [-0.2, -0.15) is 0 Å². The molecule has 2 aromatic carbocycles. The van der Waals surface area contributed by atoms with E-state index in [2.05, 4.69) is 5.32 Å². The topological polar surface area (TPSA) is 95.6 Å². The average molecular weight is 469 g/mol. The summed E-state index contributed by atoms with van der Waals surface area (Å²) < 4.78 is 28.0. The van der Waals surface area contributed by atoms with Crippen LogP contribution in [0.1, 0.15) is 24.3 Å². The van der Waals surface area contributed by atoms with E-state index in [4.69, 9.17) is 23.7 Å². The second-order valence-corrected chi connectivity index (χ2v) is 8.60. The van der Waals surface area contributed by atoms with Crippen LogP contribution < -0.4 is 24.3 Å². The van der Waals surface area contributed by atoms with E-state index in [1.54, 1.807) is 30.2 Å². The molecule has 3 aliphatic heterocycles. The number of carbonyl (C=O) groups excluding carboxylic acids is 2. The van der Waals surface area contributed by atoms with Crippen molar-refractivity contribution >= 4 is 17.5 Å². The molecule has 3 aliphatic rings. The number of benzene rings is 2. The Hall–Kier alpha value is -3.46. The van der Waals surface area contributed by atoms with Crippen molar-refractivity contribution in [2.24, 2.45) is 0 Å². The summed E-state index contributed by atoms with van der Waals surface area (Å²) in [6, 6.07) is 11.0. The van der Waals surface area contributed by atoms with Crippen molar-refractivity contribution in [3.8, 4) is 23.0 Å². The Morgan fingerprint density at radius 3 is 2.74 bits per heavy atom. The van der Waals surface area contributed by atoms with Crippen molar-refractivity contribution in [2.75, 3.05) is 51.9 Å². The number of nitrogens with one attached hydrogen (secondary N) is 1. The molecule has 2 amide bonds. The Morgan fingerprint density at radius 1 is 1.09 bits per heavy atom. The summed E-state index contributed by atoms with van der Waals surface area (Å²) in [6.45, 7) is 2.68. The molecule has 0 bridgehead atoms. The molecule has 2 fully saturated rings. The fourth-order valence-electron chi connectivity index (χ4n) is 4.47. The molecule has 2 atom stereocenters. The molecule has 34 heavy (non-hydrogen) atoms. The van der Waals surface area contributed by atoms with Gasteiger partial charge in [0, 0.05) is 37.1 Å². The van der Waals surface area contributed by atoms with Gasteiger partial charge in [0.15, 0.2) is 23.0 Å². The number of nitrogens with zero attached hydrogens (tertiary/aromatic N) is 1. The number of hydrogen-bond donors (Lipinski definition) is 1. The number of hydrogen-bond acceptors (Lipinski definition) is 7. The van der Waals surface area contributed by atoms with Gasteiger partial charge in [-0.1, -0.05) is 6.07 Å². The molecule has 0 radical (unpaired) electrons. The van der Waals surface area contributed by atoms with E-state index >= 15 is 0 Å². The van der Waals surface area contributed by atoms with Crippen molar-refractivity contribution in [3.63, 3.8) is 0 Å². The first-order chi connectivity index (χ1) is 16.6. The summed E-state index contributed by atoms with van der Waals surface area (Å²) in [7, 11) is 1.61. The van der Waals surface area contributed by atoms with Crippen LogP contribution in [0.3, 0.4) is 0 Å². The highest BCUT2D eigenvalue weighted by Gasteiger charge is 2.32. The fourth-order valence-corrected chi connectivity index (χ4v) is 4.47. The van der Waals surface area contributed by atoms with Crippen molar-refractivity contribution in [1.82, 2.24) is 4.90 Å². The zero-order valence-corrected chi connectivity index (χ0v) is 19.1. The van der Waals surface area contributed by atoms with Gasteiger partial charge in [0.05, 0.1) is 26.9 Å². The van der Waals surface area contributed by atoms with Crippen molar-refractivity contribution in [3.05, 3.63) is 42.0 Å². The van der Waals surface area contributed by atoms with Gasteiger partial charge in [0.25, 0.3) is 0 Å². The SMILES string of the molecule is COc1ccc([C@@H]2CC(=O)N(CC(=O)Nc3ccc4c(c3)OCCO4)C2)cc1O[C@@H]1CCOC1. The van der Waals surface area contributed by atoms with E-state index in [0.29, 0.717) is 68.1 Å². The lowest BCUT2D eigenvalue weighted by molar-refractivity contribution is -0.131. The standard InChI is InChI=1S/C25H28N2O7/c1-30-20-4-2-16(10-23(20)34-19-6-7-31-15-19)17-11-25(29)27(13-17)14-24(28)26-18-3-5-21-22(12-18)33-9-8-32-21/h2-5,10,12,17,19H,6-9,11,13-15H2,1H3,(H,26,28)/t17-,19-/m1/s1.